The van der Waals surface area contributed by atoms with Crippen LogP contribution in [-0.2, 0) is 40.3 Å². The minimum atomic E-state index is -0.191. The summed E-state index contributed by atoms with van der Waals surface area (Å²) in [7, 11) is 1.68. The van der Waals surface area contributed by atoms with Crippen molar-refractivity contribution < 1.29 is 23.7 Å². The van der Waals surface area contributed by atoms with E-state index < -0.39 is 0 Å². The first-order chi connectivity index (χ1) is 20.7. The summed E-state index contributed by atoms with van der Waals surface area (Å²) >= 11 is 6.98. The largest absolute Gasteiger partial charge is 0.497 e. The number of ether oxygens (including phenoxy) is 5. The monoisotopic (exact) mass is 584 g/mol. The number of halogens is 1. The maximum absolute atomic E-state index is 6.98. The quantitative estimate of drug-likeness (QED) is 0.179. The van der Waals surface area contributed by atoms with Crippen molar-refractivity contribution in [1.29, 1.82) is 0 Å². The van der Waals surface area contributed by atoms with Gasteiger partial charge in [-0.25, -0.2) is 0 Å². The zero-order chi connectivity index (χ0) is 28.7. The van der Waals surface area contributed by atoms with E-state index in [1.54, 1.807) is 7.11 Å². The zero-order valence-electron chi connectivity index (χ0n) is 24.0. The normalized spacial score (nSPS) is 19.7. The van der Waals surface area contributed by atoms with Crippen LogP contribution in [0.25, 0.3) is 0 Å². The molecule has 0 spiro atoms. The first kappa shape index (κ1) is 28.8. The minimum Gasteiger partial charge on any atom is -0.497 e. The molecule has 0 radical (unpaired) electrons. The summed E-state index contributed by atoms with van der Waals surface area (Å²) in [6, 6.07) is 30.9. The van der Waals surface area contributed by atoms with E-state index in [4.69, 9.17) is 35.3 Å². The topological polar surface area (TPSA) is 46.2 Å². The van der Waals surface area contributed by atoms with Gasteiger partial charge >= 0.3 is 0 Å². The van der Waals surface area contributed by atoms with Crippen molar-refractivity contribution in [3.05, 3.63) is 129 Å². The minimum absolute atomic E-state index is 0.0204. The molecular weight excluding hydrogens is 548 g/mol. The van der Waals surface area contributed by atoms with Gasteiger partial charge in [0.2, 0.25) is 0 Å². The lowest BCUT2D eigenvalue weighted by Gasteiger charge is -2.36. The van der Waals surface area contributed by atoms with Gasteiger partial charge in [-0.2, -0.15) is 0 Å². The van der Waals surface area contributed by atoms with Crippen LogP contribution in [0, 0.1) is 0 Å². The van der Waals surface area contributed by atoms with Gasteiger partial charge in [0.25, 0.3) is 0 Å². The Morgan fingerprint density at radius 2 is 1.55 bits per heavy atom. The summed E-state index contributed by atoms with van der Waals surface area (Å²) in [5.41, 5.74) is 6.68. The summed E-state index contributed by atoms with van der Waals surface area (Å²) in [6.07, 6.45) is 2.74. The van der Waals surface area contributed by atoms with Crippen LogP contribution in [0.1, 0.15) is 52.3 Å². The highest BCUT2D eigenvalue weighted by molar-refractivity contribution is 6.32. The second-order valence-electron chi connectivity index (χ2n) is 11.0. The van der Waals surface area contributed by atoms with Gasteiger partial charge in [0.15, 0.2) is 0 Å². The van der Waals surface area contributed by atoms with E-state index >= 15 is 0 Å². The van der Waals surface area contributed by atoms with Crippen molar-refractivity contribution in [2.75, 3.05) is 20.3 Å². The molecule has 0 N–H and O–H groups in total. The Hall–Kier alpha value is -3.35. The van der Waals surface area contributed by atoms with Crippen LogP contribution in [-0.4, -0.2) is 32.5 Å². The smallest absolute Gasteiger partial charge is 0.129 e. The number of hydrogen-bond acceptors (Lipinski definition) is 5. The van der Waals surface area contributed by atoms with Crippen molar-refractivity contribution in [2.45, 2.75) is 57.2 Å². The number of hydrogen-bond donors (Lipinski definition) is 0. The van der Waals surface area contributed by atoms with Crippen LogP contribution in [0.5, 0.6) is 11.5 Å². The highest BCUT2D eigenvalue weighted by Gasteiger charge is 2.35. The van der Waals surface area contributed by atoms with Gasteiger partial charge in [-0.05, 0) is 46.9 Å². The highest BCUT2D eigenvalue weighted by Crippen LogP contribution is 2.45. The number of methoxy groups -OCH3 is 1. The average Bonchev–Trinajstić information content (AvgIpc) is 3.53. The summed E-state index contributed by atoms with van der Waals surface area (Å²) in [5, 5.41) is 0.789. The van der Waals surface area contributed by atoms with Gasteiger partial charge in [0.05, 0.1) is 56.9 Å². The van der Waals surface area contributed by atoms with Crippen LogP contribution in [0.3, 0.4) is 0 Å². The van der Waals surface area contributed by atoms with Gasteiger partial charge in [0, 0.05) is 30.4 Å². The molecule has 2 aliphatic rings. The summed E-state index contributed by atoms with van der Waals surface area (Å²) in [4.78, 5) is 0. The van der Waals surface area contributed by atoms with Crippen LogP contribution in [0.4, 0.5) is 0 Å². The second kappa shape index (κ2) is 13.7. The first-order valence-electron chi connectivity index (χ1n) is 14.7. The molecule has 2 heterocycles. The molecular formula is C36H37ClO5. The van der Waals surface area contributed by atoms with E-state index in [0.717, 1.165) is 63.6 Å². The second-order valence-corrected chi connectivity index (χ2v) is 11.4. The molecule has 0 bridgehead atoms. The Morgan fingerprint density at radius 1 is 0.833 bits per heavy atom. The molecule has 1 saturated heterocycles. The maximum Gasteiger partial charge on any atom is 0.129 e. The standard InChI is InChI=1S/C36H37ClO5/c1-38-29-14-12-25(13-15-29)18-28-19-33(36-32(35(28)37)16-17-40-36)34-21-30(41-23-27-10-6-3-7-11-27)20-31(42-34)24-39-22-26-8-4-2-5-9-26/h2-15,19,30-31,34H,16-18,20-24H2,1H3. The molecule has 218 valence electrons. The molecule has 1 fully saturated rings. The number of benzene rings is 4. The Labute approximate surface area is 253 Å². The zero-order valence-corrected chi connectivity index (χ0v) is 24.7. The van der Waals surface area contributed by atoms with E-state index in [0.29, 0.717) is 32.8 Å². The fraction of sp³-hybridized carbons (Fsp3) is 0.333. The van der Waals surface area contributed by atoms with E-state index in [1.807, 2.05) is 48.5 Å². The van der Waals surface area contributed by atoms with Crippen LogP contribution >= 0.6 is 11.6 Å². The molecule has 6 rings (SSSR count). The Morgan fingerprint density at radius 3 is 2.26 bits per heavy atom. The summed E-state index contributed by atoms with van der Waals surface area (Å²) in [5.74, 6) is 1.71. The van der Waals surface area contributed by atoms with Crippen molar-refractivity contribution in [3.63, 3.8) is 0 Å². The molecule has 4 aromatic rings. The summed E-state index contributed by atoms with van der Waals surface area (Å²) < 4.78 is 30.9. The van der Waals surface area contributed by atoms with Crippen LogP contribution in [0.15, 0.2) is 91.0 Å². The first-order valence-corrected chi connectivity index (χ1v) is 15.1. The Kier molecular flexibility index (Phi) is 9.41. The Bertz CT molecular complexity index is 1440. The third-order valence-corrected chi connectivity index (χ3v) is 8.49. The average molecular weight is 585 g/mol. The highest BCUT2D eigenvalue weighted by atomic mass is 35.5. The molecule has 3 atom stereocenters. The molecule has 5 nitrogen and oxygen atoms in total. The lowest BCUT2D eigenvalue weighted by molar-refractivity contribution is -0.142. The number of rotatable bonds is 11. The molecule has 0 aliphatic carbocycles. The third kappa shape index (κ3) is 6.99. The fourth-order valence-corrected chi connectivity index (χ4v) is 6.15. The molecule has 4 aromatic carbocycles. The van der Waals surface area contributed by atoms with Crippen molar-refractivity contribution in [3.8, 4) is 11.5 Å². The SMILES string of the molecule is COc1ccc(Cc2cc(C3CC(OCc4ccccc4)CC(COCc4ccccc4)O3)c3c(c2Cl)CCO3)cc1. The Balaban J connectivity index is 1.24. The lowest BCUT2D eigenvalue weighted by Crippen LogP contribution is -2.36. The molecule has 3 unspecified atom stereocenters. The van der Waals surface area contributed by atoms with Crippen LogP contribution < -0.4 is 9.47 Å². The van der Waals surface area contributed by atoms with E-state index in [1.165, 1.54) is 5.56 Å². The van der Waals surface area contributed by atoms with Crippen molar-refractivity contribution in [1.82, 2.24) is 0 Å². The van der Waals surface area contributed by atoms with Gasteiger partial charge in [0.1, 0.15) is 11.5 Å². The van der Waals surface area contributed by atoms with Gasteiger partial charge < -0.3 is 23.7 Å². The molecule has 2 aliphatic heterocycles. The van der Waals surface area contributed by atoms with Gasteiger partial charge in [-0.15, -0.1) is 0 Å². The summed E-state index contributed by atoms with van der Waals surface area (Å²) in [6.45, 7) is 2.23. The van der Waals surface area contributed by atoms with E-state index in [-0.39, 0.29) is 18.3 Å². The molecule has 0 saturated carbocycles. The van der Waals surface area contributed by atoms with E-state index in [9.17, 15) is 0 Å². The molecule has 6 heteroatoms. The fourth-order valence-electron chi connectivity index (χ4n) is 5.85. The van der Waals surface area contributed by atoms with Gasteiger partial charge in [-0.3, -0.25) is 0 Å². The molecule has 42 heavy (non-hydrogen) atoms. The molecule has 0 amide bonds. The maximum atomic E-state index is 6.98. The third-order valence-electron chi connectivity index (χ3n) is 8.02. The molecule has 0 aromatic heterocycles. The van der Waals surface area contributed by atoms with Gasteiger partial charge in [-0.1, -0.05) is 84.4 Å². The number of fused-ring (bicyclic) bond motifs is 1. The predicted molar refractivity (Wildman–Crippen MR) is 164 cm³/mol. The van der Waals surface area contributed by atoms with E-state index in [2.05, 4.69) is 42.5 Å². The predicted octanol–water partition coefficient (Wildman–Crippen LogP) is 7.90. The lowest BCUT2D eigenvalue weighted by atomic mass is 9.91. The van der Waals surface area contributed by atoms with Crippen molar-refractivity contribution in [2.24, 2.45) is 0 Å². The van der Waals surface area contributed by atoms with Crippen LogP contribution in [0.2, 0.25) is 5.02 Å². The van der Waals surface area contributed by atoms with Crippen molar-refractivity contribution >= 4 is 11.6 Å².